The number of benzene rings is 1. The zero-order chi connectivity index (χ0) is 25.2. The van der Waals surface area contributed by atoms with Crippen LogP contribution in [0, 0.1) is 0 Å². The number of nitrogens with zero attached hydrogens (tertiary/aromatic N) is 5. The third-order valence-corrected chi connectivity index (χ3v) is 6.00. The van der Waals surface area contributed by atoms with E-state index in [1.54, 1.807) is 12.3 Å². The quantitative estimate of drug-likeness (QED) is 0.608. The van der Waals surface area contributed by atoms with Gasteiger partial charge in [-0.05, 0) is 43.5 Å². The van der Waals surface area contributed by atoms with E-state index in [-0.39, 0.29) is 19.2 Å². The van der Waals surface area contributed by atoms with Gasteiger partial charge in [-0.2, -0.15) is 31.3 Å². The maximum absolute atomic E-state index is 13.1. The van der Waals surface area contributed by atoms with Gasteiger partial charge in [0.2, 0.25) is 5.95 Å². The lowest BCUT2D eigenvalue weighted by Gasteiger charge is -2.36. The lowest BCUT2D eigenvalue weighted by atomic mass is 10.1. The maximum Gasteiger partial charge on any atom is 0.416 e. The van der Waals surface area contributed by atoms with Gasteiger partial charge in [-0.15, -0.1) is 0 Å². The molecular weight excluding hydrogens is 478 g/mol. The number of hydrogen-bond acceptors (Lipinski definition) is 5. The summed E-state index contributed by atoms with van der Waals surface area (Å²) in [7, 11) is 0. The highest BCUT2D eigenvalue weighted by Crippen LogP contribution is 2.37. The smallest absolute Gasteiger partial charge is 0.353 e. The number of amides is 2. The molecule has 3 heterocycles. The largest absolute Gasteiger partial charge is 0.416 e. The molecule has 0 bridgehead atoms. The monoisotopic (exact) mass is 502 g/mol. The lowest BCUT2D eigenvalue weighted by Crippen LogP contribution is -2.50. The van der Waals surface area contributed by atoms with Crippen LogP contribution in [-0.4, -0.2) is 60.2 Å². The molecule has 13 heteroatoms. The van der Waals surface area contributed by atoms with E-state index < -0.39 is 35.2 Å². The van der Waals surface area contributed by atoms with Crippen LogP contribution in [0.5, 0.6) is 0 Å². The number of aromatic nitrogens is 2. The summed E-state index contributed by atoms with van der Waals surface area (Å²) in [5.41, 5.74) is -3.54. The van der Waals surface area contributed by atoms with Crippen molar-refractivity contribution >= 4 is 23.5 Å². The molecule has 190 valence electrons. The number of nitrogens with one attached hydrogen (secondary N) is 1. The molecule has 0 unspecified atom stereocenters. The molecule has 4 rings (SSSR count). The minimum absolute atomic E-state index is 0.0221. The Morgan fingerprint density at radius 2 is 1.40 bits per heavy atom. The summed E-state index contributed by atoms with van der Waals surface area (Å²) in [5.74, 6) is 1.35. The molecule has 1 N–H and O–H groups in total. The molecule has 7 nitrogen and oxygen atoms in total. The van der Waals surface area contributed by atoms with Crippen LogP contribution in [0.2, 0.25) is 0 Å². The summed E-state index contributed by atoms with van der Waals surface area (Å²) in [6.45, 7) is 3.03. The van der Waals surface area contributed by atoms with Crippen LogP contribution in [0.4, 0.5) is 48.6 Å². The molecule has 0 spiro atoms. The van der Waals surface area contributed by atoms with Crippen molar-refractivity contribution in [1.29, 1.82) is 0 Å². The van der Waals surface area contributed by atoms with E-state index in [0.29, 0.717) is 37.0 Å². The molecule has 2 aliphatic heterocycles. The molecule has 2 fully saturated rings. The predicted octanol–water partition coefficient (Wildman–Crippen LogP) is 4.86. The maximum atomic E-state index is 13.1. The first-order valence-electron chi connectivity index (χ1n) is 11.2. The molecule has 2 amide bonds. The molecule has 2 aromatic rings. The number of rotatable bonds is 3. The highest BCUT2D eigenvalue weighted by atomic mass is 19.4. The van der Waals surface area contributed by atoms with Crippen molar-refractivity contribution in [1.82, 2.24) is 14.9 Å². The molecule has 0 radical (unpaired) electrons. The Labute approximate surface area is 197 Å². The van der Waals surface area contributed by atoms with Gasteiger partial charge >= 0.3 is 18.4 Å². The molecule has 1 aromatic carbocycles. The normalized spacial score (nSPS) is 17.5. The number of hydrogen-bond donors (Lipinski definition) is 1. The van der Waals surface area contributed by atoms with Crippen molar-refractivity contribution in [2.24, 2.45) is 0 Å². The van der Waals surface area contributed by atoms with Crippen LogP contribution >= 0.6 is 0 Å². The summed E-state index contributed by atoms with van der Waals surface area (Å²) < 4.78 is 78.4. The minimum Gasteiger partial charge on any atom is -0.353 e. The Bertz CT molecular complexity index is 1010. The first kappa shape index (κ1) is 24.9. The van der Waals surface area contributed by atoms with Crippen molar-refractivity contribution < 1.29 is 31.1 Å². The van der Waals surface area contributed by atoms with Gasteiger partial charge in [-0.25, -0.2) is 9.78 Å². The fourth-order valence-electron chi connectivity index (χ4n) is 4.13. The highest BCUT2D eigenvalue weighted by molar-refractivity contribution is 5.89. The molecule has 0 aliphatic carbocycles. The number of carbonyl (C=O) groups excluding carboxylic acids is 1. The molecule has 35 heavy (non-hydrogen) atoms. The van der Waals surface area contributed by atoms with E-state index in [0.717, 1.165) is 25.9 Å². The van der Waals surface area contributed by atoms with E-state index >= 15 is 0 Å². The average molecular weight is 502 g/mol. The summed E-state index contributed by atoms with van der Waals surface area (Å²) >= 11 is 0. The number of urea groups is 1. The Kier molecular flexibility index (Phi) is 6.95. The van der Waals surface area contributed by atoms with E-state index in [9.17, 15) is 31.1 Å². The van der Waals surface area contributed by atoms with E-state index in [2.05, 4.69) is 20.2 Å². The fraction of sp³-hybridized carbons (Fsp3) is 0.500. The lowest BCUT2D eigenvalue weighted by molar-refractivity contribution is -0.143. The van der Waals surface area contributed by atoms with Crippen molar-refractivity contribution in [2.45, 2.75) is 31.6 Å². The van der Waals surface area contributed by atoms with Gasteiger partial charge in [0.25, 0.3) is 0 Å². The third-order valence-electron chi connectivity index (χ3n) is 6.00. The van der Waals surface area contributed by atoms with Crippen LogP contribution < -0.4 is 15.1 Å². The van der Waals surface area contributed by atoms with Gasteiger partial charge in [-0.3, -0.25) is 0 Å². The molecule has 0 saturated carbocycles. The molecular formula is C22H24F6N6O. The topological polar surface area (TPSA) is 64.6 Å². The first-order valence-corrected chi connectivity index (χ1v) is 11.2. The number of carbonyl (C=O) groups is 1. The highest BCUT2D eigenvalue weighted by Gasteiger charge is 2.37. The van der Waals surface area contributed by atoms with Crippen molar-refractivity contribution in [3.05, 3.63) is 41.6 Å². The zero-order valence-electron chi connectivity index (χ0n) is 18.7. The second-order valence-electron chi connectivity index (χ2n) is 8.46. The van der Waals surface area contributed by atoms with Crippen molar-refractivity contribution in [3.63, 3.8) is 0 Å². The van der Waals surface area contributed by atoms with Gasteiger partial charge < -0.3 is 20.0 Å². The number of alkyl halides is 6. The predicted molar refractivity (Wildman–Crippen MR) is 117 cm³/mol. The van der Waals surface area contributed by atoms with Gasteiger partial charge in [0, 0.05) is 51.2 Å². The molecule has 0 atom stereocenters. The standard InChI is InChI=1S/C22H24F6N6O/c23-21(24,25)15-12-16(22(26,27)28)14-17(13-15)30-20(35)34-10-8-32(9-11-34)18-4-5-29-19(31-18)33-6-2-1-3-7-33/h4-5,12-14H,1-3,6-11H2,(H,30,35). The third kappa shape index (κ3) is 6.06. The number of anilines is 3. The molecule has 2 aliphatic rings. The summed E-state index contributed by atoms with van der Waals surface area (Å²) in [6, 6.07) is 2.01. The number of piperazine rings is 1. The van der Waals surface area contributed by atoms with Crippen LogP contribution in [0.15, 0.2) is 30.5 Å². The number of piperidine rings is 1. The zero-order valence-corrected chi connectivity index (χ0v) is 18.7. The Balaban J connectivity index is 1.40. The second kappa shape index (κ2) is 9.78. The SMILES string of the molecule is O=C(Nc1cc(C(F)(F)F)cc(C(F)(F)F)c1)N1CCN(c2ccnc(N3CCCCC3)n2)CC1. The number of halogens is 6. The van der Waals surface area contributed by atoms with Gasteiger partial charge in [-0.1, -0.05) is 0 Å². The van der Waals surface area contributed by atoms with Crippen LogP contribution in [0.3, 0.4) is 0 Å². The van der Waals surface area contributed by atoms with E-state index in [1.807, 2.05) is 4.90 Å². The Hall–Kier alpha value is -3.25. The molecule has 1 aromatic heterocycles. The van der Waals surface area contributed by atoms with Crippen LogP contribution in [0.25, 0.3) is 0 Å². The van der Waals surface area contributed by atoms with Crippen molar-refractivity contribution in [3.8, 4) is 0 Å². The van der Waals surface area contributed by atoms with E-state index in [1.165, 1.54) is 11.3 Å². The fourth-order valence-corrected chi connectivity index (χ4v) is 4.13. The van der Waals surface area contributed by atoms with Gasteiger partial charge in [0.1, 0.15) is 5.82 Å². The second-order valence-corrected chi connectivity index (χ2v) is 8.46. The van der Waals surface area contributed by atoms with Crippen molar-refractivity contribution in [2.75, 3.05) is 54.4 Å². The van der Waals surface area contributed by atoms with E-state index in [4.69, 9.17) is 0 Å². The summed E-state index contributed by atoms with van der Waals surface area (Å²) in [6.07, 6.45) is -4.96. The van der Waals surface area contributed by atoms with Crippen LogP contribution in [0.1, 0.15) is 30.4 Å². The minimum atomic E-state index is -4.99. The first-order chi connectivity index (χ1) is 16.5. The van der Waals surface area contributed by atoms with Gasteiger partial charge in [0.15, 0.2) is 0 Å². The Morgan fingerprint density at radius 1 is 0.800 bits per heavy atom. The van der Waals surface area contributed by atoms with Crippen LogP contribution in [-0.2, 0) is 12.4 Å². The van der Waals surface area contributed by atoms with Gasteiger partial charge in [0.05, 0.1) is 11.1 Å². The Morgan fingerprint density at radius 3 is 1.97 bits per heavy atom. The average Bonchev–Trinajstić information content (AvgIpc) is 2.83. The summed E-state index contributed by atoms with van der Waals surface area (Å²) in [5, 5.41) is 2.18. The molecule has 2 saturated heterocycles. The summed E-state index contributed by atoms with van der Waals surface area (Å²) in [4.78, 5) is 27.0.